The number of aliphatic hydroxyl groups excluding tert-OH is 3. The van der Waals surface area contributed by atoms with Crippen LogP contribution in [-0.4, -0.2) is 59.8 Å². The van der Waals surface area contributed by atoms with Gasteiger partial charge in [0, 0.05) is 0 Å². The highest BCUT2D eigenvalue weighted by molar-refractivity contribution is 6.33. The van der Waals surface area contributed by atoms with Crippen LogP contribution in [0.25, 0.3) is 11.2 Å². The monoisotopic (exact) mass is 301 g/mol. The molecule has 9 nitrogen and oxygen atoms in total. The number of fused-ring (bicyclic) bond motifs is 1. The molecule has 10 heteroatoms. The maximum Gasteiger partial charge on any atom is 0.204 e. The van der Waals surface area contributed by atoms with Gasteiger partial charge in [0.15, 0.2) is 17.0 Å². The molecule has 3 rings (SSSR count). The number of rotatable bonds is 2. The largest absolute Gasteiger partial charge is 0.394 e. The van der Waals surface area contributed by atoms with Crippen LogP contribution < -0.4 is 5.73 Å². The normalized spacial score (nSPS) is 30.2. The van der Waals surface area contributed by atoms with Gasteiger partial charge in [-0.05, 0) is 0 Å². The molecule has 108 valence electrons. The molecular weight excluding hydrogens is 290 g/mol. The van der Waals surface area contributed by atoms with Crippen molar-refractivity contribution in [2.45, 2.75) is 24.5 Å². The molecule has 2 aromatic rings. The van der Waals surface area contributed by atoms with E-state index >= 15 is 0 Å². The Bertz CT molecular complexity index is 650. The molecule has 0 radical (unpaired) electrons. The fraction of sp³-hybridized carbons (Fsp3) is 0.500. The summed E-state index contributed by atoms with van der Waals surface area (Å²) in [4.78, 5) is 11.8. The number of hydrogen-bond donors (Lipinski definition) is 4. The Morgan fingerprint density at radius 1 is 1.35 bits per heavy atom. The molecule has 1 fully saturated rings. The summed E-state index contributed by atoms with van der Waals surface area (Å²) < 4.78 is 6.71. The number of nitrogen functional groups attached to an aromatic ring is 1. The topological polar surface area (TPSA) is 140 Å². The van der Waals surface area contributed by atoms with Crippen LogP contribution in [0.15, 0.2) is 6.33 Å². The van der Waals surface area contributed by atoms with Gasteiger partial charge in [-0.2, -0.15) is 0 Å². The van der Waals surface area contributed by atoms with Gasteiger partial charge in [0.2, 0.25) is 5.95 Å². The minimum atomic E-state index is -1.28. The lowest BCUT2D eigenvalue weighted by atomic mass is 10.1. The van der Waals surface area contributed by atoms with Gasteiger partial charge < -0.3 is 25.8 Å². The van der Waals surface area contributed by atoms with Crippen LogP contribution in [0.3, 0.4) is 0 Å². The van der Waals surface area contributed by atoms with Crippen LogP contribution in [0.1, 0.15) is 6.23 Å². The molecule has 0 bridgehead atoms. The molecule has 2 aromatic heterocycles. The Labute approximate surface area is 117 Å². The average molecular weight is 302 g/mol. The Morgan fingerprint density at radius 2 is 2.10 bits per heavy atom. The van der Waals surface area contributed by atoms with Gasteiger partial charge in [-0.3, -0.25) is 4.57 Å². The molecule has 20 heavy (non-hydrogen) atoms. The van der Waals surface area contributed by atoms with Crippen molar-refractivity contribution in [2.75, 3.05) is 12.3 Å². The molecule has 3 heterocycles. The van der Waals surface area contributed by atoms with Crippen LogP contribution in [0.4, 0.5) is 5.95 Å². The minimum Gasteiger partial charge on any atom is -0.394 e. The molecule has 4 atom stereocenters. The first-order chi connectivity index (χ1) is 9.54. The van der Waals surface area contributed by atoms with E-state index in [9.17, 15) is 10.2 Å². The van der Waals surface area contributed by atoms with Gasteiger partial charge in [-0.15, -0.1) is 0 Å². The molecule has 0 unspecified atom stereocenters. The van der Waals surface area contributed by atoms with Crippen molar-refractivity contribution in [1.82, 2.24) is 19.5 Å². The summed E-state index contributed by atoms with van der Waals surface area (Å²) in [7, 11) is 0. The number of imidazole rings is 1. The van der Waals surface area contributed by atoms with Crippen LogP contribution in [0.5, 0.6) is 0 Å². The van der Waals surface area contributed by atoms with Gasteiger partial charge in [-0.25, -0.2) is 15.0 Å². The predicted molar refractivity (Wildman–Crippen MR) is 67.8 cm³/mol. The molecular formula is C10H12ClN5O4. The highest BCUT2D eigenvalue weighted by Crippen LogP contribution is 2.34. The molecule has 1 aliphatic heterocycles. The van der Waals surface area contributed by atoms with E-state index in [0.29, 0.717) is 0 Å². The lowest BCUT2D eigenvalue weighted by Gasteiger charge is -2.17. The quantitative estimate of drug-likeness (QED) is 0.500. The number of anilines is 1. The molecule has 0 spiro atoms. The van der Waals surface area contributed by atoms with E-state index in [0.717, 1.165) is 0 Å². The third kappa shape index (κ3) is 1.83. The smallest absolute Gasteiger partial charge is 0.204 e. The maximum atomic E-state index is 10.0. The standard InChI is InChI=1S/C10H12ClN5O4/c11-7-4-8(14-2-13-7)16(10(12)15-4)9-6(19)5(18)3(1-17)20-9/h2-3,5-6,9,17-19H,1H2,(H2,12,15)/t3-,5-,6-,9-/m1/s1. The number of aliphatic hydroxyl groups is 3. The fourth-order valence-corrected chi connectivity index (χ4v) is 2.41. The first-order valence-electron chi connectivity index (χ1n) is 5.81. The predicted octanol–water partition coefficient (Wildman–Crippen LogP) is -1.33. The van der Waals surface area contributed by atoms with Gasteiger partial charge in [0.05, 0.1) is 6.61 Å². The highest BCUT2D eigenvalue weighted by atomic mass is 35.5. The second kappa shape index (κ2) is 4.79. The summed E-state index contributed by atoms with van der Waals surface area (Å²) in [5.41, 5.74) is 6.33. The molecule has 1 saturated heterocycles. The molecule has 1 aliphatic rings. The van der Waals surface area contributed by atoms with Crippen molar-refractivity contribution in [3.8, 4) is 0 Å². The van der Waals surface area contributed by atoms with Crippen LogP contribution in [0.2, 0.25) is 5.15 Å². The Kier molecular flexibility index (Phi) is 3.22. The van der Waals surface area contributed by atoms with Crippen molar-refractivity contribution >= 4 is 28.7 Å². The Balaban J connectivity index is 2.11. The molecule has 5 N–H and O–H groups in total. The van der Waals surface area contributed by atoms with E-state index in [1.165, 1.54) is 10.9 Å². The zero-order chi connectivity index (χ0) is 14.4. The summed E-state index contributed by atoms with van der Waals surface area (Å²) in [6.45, 7) is -0.434. The second-order valence-corrected chi connectivity index (χ2v) is 4.76. The SMILES string of the molecule is Nc1nc2c(Cl)ncnc2n1[C@@H]1O[C@H](CO)[C@@H](O)[C@H]1O. The second-order valence-electron chi connectivity index (χ2n) is 4.41. The Hall–Kier alpha value is -1.52. The number of halogens is 1. The zero-order valence-electron chi connectivity index (χ0n) is 10.1. The zero-order valence-corrected chi connectivity index (χ0v) is 10.8. The van der Waals surface area contributed by atoms with Crippen molar-refractivity contribution in [2.24, 2.45) is 0 Å². The van der Waals surface area contributed by atoms with Crippen molar-refractivity contribution in [1.29, 1.82) is 0 Å². The van der Waals surface area contributed by atoms with Crippen molar-refractivity contribution in [3.05, 3.63) is 11.5 Å². The minimum absolute atomic E-state index is 0.0113. The maximum absolute atomic E-state index is 10.0. The molecule has 0 aliphatic carbocycles. The Morgan fingerprint density at radius 3 is 2.75 bits per heavy atom. The number of ether oxygens (including phenoxy) is 1. The van der Waals surface area contributed by atoms with Gasteiger partial charge in [0.25, 0.3) is 0 Å². The van der Waals surface area contributed by atoms with E-state index in [4.69, 9.17) is 27.2 Å². The van der Waals surface area contributed by atoms with Crippen LogP contribution in [0, 0.1) is 0 Å². The summed E-state index contributed by atoms with van der Waals surface area (Å²) in [6.07, 6.45) is -3.22. The molecule has 0 amide bonds. The number of nitrogens with zero attached hydrogens (tertiary/aromatic N) is 4. The van der Waals surface area contributed by atoms with Gasteiger partial charge in [0.1, 0.15) is 30.2 Å². The van der Waals surface area contributed by atoms with Crippen molar-refractivity contribution in [3.63, 3.8) is 0 Å². The van der Waals surface area contributed by atoms with Gasteiger partial charge in [-0.1, -0.05) is 11.6 Å². The third-order valence-corrected chi connectivity index (χ3v) is 3.51. The third-order valence-electron chi connectivity index (χ3n) is 3.23. The fourth-order valence-electron chi connectivity index (χ4n) is 2.24. The lowest BCUT2D eigenvalue weighted by Crippen LogP contribution is -2.33. The lowest BCUT2D eigenvalue weighted by molar-refractivity contribution is -0.0500. The highest BCUT2D eigenvalue weighted by Gasteiger charge is 2.44. The first kappa shape index (κ1) is 13.5. The van der Waals surface area contributed by atoms with E-state index in [1.54, 1.807) is 0 Å². The number of aromatic nitrogens is 4. The molecule has 0 saturated carbocycles. The summed E-state index contributed by atoms with van der Waals surface area (Å²) in [5.74, 6) is 0.0113. The van der Waals surface area contributed by atoms with Crippen LogP contribution in [-0.2, 0) is 4.74 Å². The van der Waals surface area contributed by atoms with Crippen molar-refractivity contribution < 1.29 is 20.1 Å². The average Bonchev–Trinajstić information content (AvgIpc) is 2.90. The van der Waals surface area contributed by atoms with Crippen LogP contribution >= 0.6 is 11.6 Å². The van der Waals surface area contributed by atoms with E-state index in [-0.39, 0.29) is 22.3 Å². The summed E-state index contributed by atoms with van der Waals surface area (Å²) >= 11 is 5.89. The summed E-state index contributed by atoms with van der Waals surface area (Å²) in [6, 6.07) is 0. The number of nitrogens with two attached hydrogens (primary N) is 1. The van der Waals surface area contributed by atoms with E-state index in [2.05, 4.69) is 15.0 Å². The van der Waals surface area contributed by atoms with Gasteiger partial charge >= 0.3 is 0 Å². The first-order valence-corrected chi connectivity index (χ1v) is 6.18. The molecule has 0 aromatic carbocycles. The number of hydrogen-bond acceptors (Lipinski definition) is 8. The van der Waals surface area contributed by atoms with E-state index < -0.39 is 31.1 Å². The summed E-state index contributed by atoms with van der Waals surface area (Å²) in [5, 5.41) is 29.0. The van der Waals surface area contributed by atoms with E-state index in [1.807, 2.05) is 0 Å².